The van der Waals surface area contributed by atoms with E-state index in [1.807, 2.05) is 81.4 Å². The smallest absolute Gasteiger partial charge is 0.314 e. The molecule has 1 aliphatic carbocycles. The lowest BCUT2D eigenvalue weighted by atomic mass is 9.72. The van der Waals surface area contributed by atoms with E-state index in [2.05, 4.69) is 0 Å². The lowest BCUT2D eigenvalue weighted by molar-refractivity contribution is -0.158. The normalized spacial score (nSPS) is 20.4. The first-order chi connectivity index (χ1) is 12.3. The van der Waals surface area contributed by atoms with Crippen LogP contribution in [-0.4, -0.2) is 17.4 Å². The number of allylic oxidation sites excluding steroid dienone is 1. The Kier molecular flexibility index (Phi) is 5.08. The Labute approximate surface area is 154 Å². The standard InChI is InChI=1S/C23H24O3/c1-23(2,3)26-22(25)21-19(16-10-6-4-7-11-16)14-18(24)15-20(21)17-12-8-5-9-13-17/h4-14,20-21H,15H2,1-3H3/t20-,21+/m0/s1. The monoisotopic (exact) mass is 348 g/mol. The lowest BCUT2D eigenvalue weighted by Gasteiger charge is -2.33. The molecular weight excluding hydrogens is 324 g/mol. The average Bonchev–Trinajstić information content (AvgIpc) is 2.61. The summed E-state index contributed by atoms with van der Waals surface area (Å²) in [7, 11) is 0. The van der Waals surface area contributed by atoms with Crippen LogP contribution < -0.4 is 0 Å². The largest absolute Gasteiger partial charge is 0.459 e. The fourth-order valence-corrected chi connectivity index (χ4v) is 3.43. The molecule has 0 saturated carbocycles. The van der Waals surface area contributed by atoms with Gasteiger partial charge in [0, 0.05) is 12.3 Å². The zero-order chi connectivity index (χ0) is 18.7. The quantitative estimate of drug-likeness (QED) is 0.750. The third kappa shape index (κ3) is 4.10. The molecule has 0 fully saturated rings. The zero-order valence-electron chi connectivity index (χ0n) is 15.4. The zero-order valence-corrected chi connectivity index (χ0v) is 15.4. The fourth-order valence-electron chi connectivity index (χ4n) is 3.43. The number of hydrogen-bond donors (Lipinski definition) is 0. The second kappa shape index (κ2) is 7.28. The van der Waals surface area contributed by atoms with E-state index in [0.717, 1.165) is 16.7 Å². The molecule has 2 aromatic carbocycles. The fraction of sp³-hybridized carbons (Fsp3) is 0.304. The Hall–Kier alpha value is -2.68. The SMILES string of the molecule is CC(C)(C)OC(=O)[C@@H]1C(c2ccccc2)=CC(=O)C[C@H]1c1ccccc1. The first-order valence-corrected chi connectivity index (χ1v) is 8.93. The van der Waals surface area contributed by atoms with Gasteiger partial charge in [0.05, 0.1) is 5.92 Å². The molecule has 3 nitrogen and oxygen atoms in total. The number of hydrogen-bond acceptors (Lipinski definition) is 3. The average molecular weight is 348 g/mol. The molecule has 134 valence electrons. The molecule has 0 unspecified atom stereocenters. The van der Waals surface area contributed by atoms with Gasteiger partial charge in [-0.3, -0.25) is 9.59 Å². The topological polar surface area (TPSA) is 43.4 Å². The van der Waals surface area contributed by atoms with Crippen molar-refractivity contribution >= 4 is 17.3 Å². The molecule has 0 spiro atoms. The van der Waals surface area contributed by atoms with Crippen molar-refractivity contribution in [1.29, 1.82) is 0 Å². The first-order valence-electron chi connectivity index (χ1n) is 8.93. The number of rotatable bonds is 3. The van der Waals surface area contributed by atoms with Gasteiger partial charge in [-0.25, -0.2) is 0 Å². The molecule has 0 aromatic heterocycles. The van der Waals surface area contributed by atoms with Crippen LogP contribution in [0.15, 0.2) is 66.7 Å². The Morgan fingerprint density at radius 1 is 0.962 bits per heavy atom. The molecule has 2 atom stereocenters. The van der Waals surface area contributed by atoms with Crippen molar-refractivity contribution in [2.24, 2.45) is 5.92 Å². The van der Waals surface area contributed by atoms with Gasteiger partial charge in [-0.15, -0.1) is 0 Å². The van der Waals surface area contributed by atoms with E-state index in [9.17, 15) is 9.59 Å². The molecular formula is C23H24O3. The number of ether oxygens (including phenoxy) is 1. The summed E-state index contributed by atoms with van der Waals surface area (Å²) in [6, 6.07) is 19.4. The summed E-state index contributed by atoms with van der Waals surface area (Å²) in [4.78, 5) is 25.6. The van der Waals surface area contributed by atoms with Gasteiger partial charge < -0.3 is 4.74 Å². The molecule has 0 radical (unpaired) electrons. The molecule has 3 rings (SSSR count). The van der Waals surface area contributed by atoms with E-state index >= 15 is 0 Å². The maximum Gasteiger partial charge on any atom is 0.314 e. The van der Waals surface area contributed by atoms with Gasteiger partial charge >= 0.3 is 5.97 Å². The second-order valence-corrected chi connectivity index (χ2v) is 7.66. The van der Waals surface area contributed by atoms with Crippen LogP contribution in [0.25, 0.3) is 5.57 Å². The van der Waals surface area contributed by atoms with E-state index in [4.69, 9.17) is 4.74 Å². The molecule has 0 aliphatic heterocycles. The summed E-state index contributed by atoms with van der Waals surface area (Å²) in [5.41, 5.74) is 2.03. The van der Waals surface area contributed by atoms with E-state index in [1.54, 1.807) is 6.08 Å². The van der Waals surface area contributed by atoms with Crippen molar-refractivity contribution < 1.29 is 14.3 Å². The molecule has 0 saturated heterocycles. The van der Waals surface area contributed by atoms with Crippen LogP contribution >= 0.6 is 0 Å². The van der Waals surface area contributed by atoms with Crippen molar-refractivity contribution in [2.75, 3.05) is 0 Å². The highest BCUT2D eigenvalue weighted by molar-refractivity contribution is 6.05. The van der Waals surface area contributed by atoms with Gasteiger partial charge in [-0.05, 0) is 43.5 Å². The van der Waals surface area contributed by atoms with Crippen molar-refractivity contribution in [2.45, 2.75) is 38.7 Å². The van der Waals surface area contributed by atoms with E-state index in [1.165, 1.54) is 0 Å². The highest BCUT2D eigenvalue weighted by Gasteiger charge is 2.40. The molecule has 2 aromatic rings. The number of ketones is 1. The van der Waals surface area contributed by atoms with Crippen LogP contribution in [0.2, 0.25) is 0 Å². The van der Waals surface area contributed by atoms with Crippen LogP contribution in [-0.2, 0) is 14.3 Å². The molecule has 0 bridgehead atoms. The van der Waals surface area contributed by atoms with E-state index in [0.29, 0.717) is 6.42 Å². The van der Waals surface area contributed by atoms with Gasteiger partial charge in [0.2, 0.25) is 0 Å². The molecule has 3 heteroatoms. The summed E-state index contributed by atoms with van der Waals surface area (Å²) in [5, 5.41) is 0. The minimum absolute atomic E-state index is 0.0394. The van der Waals surface area contributed by atoms with E-state index in [-0.39, 0.29) is 17.7 Å². The molecule has 26 heavy (non-hydrogen) atoms. The lowest BCUT2D eigenvalue weighted by Crippen LogP contribution is -2.35. The Bertz CT molecular complexity index is 814. The summed E-state index contributed by atoms with van der Waals surface area (Å²) in [5.74, 6) is -0.970. The minimum Gasteiger partial charge on any atom is -0.459 e. The van der Waals surface area contributed by atoms with E-state index < -0.39 is 11.5 Å². The molecule has 0 amide bonds. The maximum atomic E-state index is 13.1. The Balaban J connectivity index is 2.08. The number of benzene rings is 2. The van der Waals surface area contributed by atoms with Crippen molar-refractivity contribution in [3.8, 4) is 0 Å². The summed E-state index contributed by atoms with van der Waals surface area (Å²) in [6.45, 7) is 5.59. The Morgan fingerprint density at radius 2 is 1.54 bits per heavy atom. The molecule has 1 aliphatic rings. The van der Waals surface area contributed by atoms with Gasteiger partial charge in [0.25, 0.3) is 0 Å². The first kappa shape index (κ1) is 18.1. The summed E-state index contributed by atoms with van der Waals surface area (Å²) >= 11 is 0. The highest BCUT2D eigenvalue weighted by Crippen LogP contribution is 2.42. The van der Waals surface area contributed by atoms with Gasteiger partial charge in [-0.1, -0.05) is 60.7 Å². The van der Waals surface area contributed by atoms with Crippen LogP contribution in [0.5, 0.6) is 0 Å². The molecule has 0 N–H and O–H groups in total. The van der Waals surface area contributed by atoms with Gasteiger partial charge in [0.15, 0.2) is 5.78 Å². The third-order valence-corrected chi connectivity index (χ3v) is 4.47. The highest BCUT2D eigenvalue weighted by atomic mass is 16.6. The van der Waals surface area contributed by atoms with Gasteiger partial charge in [-0.2, -0.15) is 0 Å². The third-order valence-electron chi connectivity index (χ3n) is 4.47. The Morgan fingerprint density at radius 3 is 2.12 bits per heavy atom. The van der Waals surface area contributed by atoms with Crippen LogP contribution in [0.4, 0.5) is 0 Å². The predicted octanol–water partition coefficient (Wildman–Crippen LogP) is 4.78. The van der Waals surface area contributed by atoms with Crippen LogP contribution in [0.3, 0.4) is 0 Å². The number of carbonyl (C=O) groups is 2. The van der Waals surface area contributed by atoms with Crippen LogP contribution in [0.1, 0.15) is 44.2 Å². The predicted molar refractivity (Wildman–Crippen MR) is 103 cm³/mol. The number of carbonyl (C=O) groups excluding carboxylic acids is 2. The van der Waals surface area contributed by atoms with Crippen molar-refractivity contribution in [1.82, 2.24) is 0 Å². The summed E-state index contributed by atoms with van der Waals surface area (Å²) in [6.07, 6.45) is 1.92. The van der Waals surface area contributed by atoms with Gasteiger partial charge in [0.1, 0.15) is 5.60 Å². The summed E-state index contributed by atoms with van der Waals surface area (Å²) < 4.78 is 5.72. The second-order valence-electron chi connectivity index (χ2n) is 7.66. The molecule has 0 heterocycles. The van der Waals surface area contributed by atoms with Crippen molar-refractivity contribution in [3.63, 3.8) is 0 Å². The van der Waals surface area contributed by atoms with Crippen molar-refractivity contribution in [3.05, 3.63) is 77.9 Å². The maximum absolute atomic E-state index is 13.1. The minimum atomic E-state index is -0.582. The number of esters is 1. The van der Waals surface area contributed by atoms with Crippen LogP contribution in [0, 0.1) is 5.92 Å².